The standard InChI is InChI=1S/C23H36N2O4/c1-28-20-13-15-21(16-14-20)29-18-17-24-22(26)23(27)25-19-11-9-7-5-3-2-4-6-8-10-12-19/h13-16,19H,2-12,17-18H2,1H3,(H,24,26)(H,25,27). The highest BCUT2D eigenvalue weighted by Gasteiger charge is 2.18. The van der Waals surface area contributed by atoms with Gasteiger partial charge in [-0.3, -0.25) is 9.59 Å². The molecule has 1 aromatic carbocycles. The molecule has 0 radical (unpaired) electrons. The Morgan fingerprint density at radius 3 is 1.90 bits per heavy atom. The van der Waals surface area contributed by atoms with Crippen molar-refractivity contribution in [2.75, 3.05) is 20.3 Å². The molecular formula is C23H36N2O4. The largest absolute Gasteiger partial charge is 0.497 e. The van der Waals surface area contributed by atoms with Crippen LogP contribution in [0.2, 0.25) is 0 Å². The topological polar surface area (TPSA) is 76.7 Å². The van der Waals surface area contributed by atoms with Crippen molar-refractivity contribution in [3.05, 3.63) is 24.3 Å². The van der Waals surface area contributed by atoms with Crippen LogP contribution in [0.15, 0.2) is 24.3 Å². The second-order valence-electron chi connectivity index (χ2n) is 7.71. The molecule has 2 rings (SSSR count). The molecule has 0 atom stereocenters. The van der Waals surface area contributed by atoms with Crippen molar-refractivity contribution in [1.82, 2.24) is 10.6 Å². The summed E-state index contributed by atoms with van der Waals surface area (Å²) < 4.78 is 10.7. The lowest BCUT2D eigenvalue weighted by molar-refractivity contribution is -0.139. The third-order valence-corrected chi connectivity index (χ3v) is 5.36. The first-order valence-corrected chi connectivity index (χ1v) is 11.0. The van der Waals surface area contributed by atoms with Gasteiger partial charge in [0, 0.05) is 6.04 Å². The van der Waals surface area contributed by atoms with E-state index in [0.29, 0.717) is 12.4 Å². The maximum absolute atomic E-state index is 12.2. The van der Waals surface area contributed by atoms with Crippen LogP contribution >= 0.6 is 0 Å². The van der Waals surface area contributed by atoms with Crippen molar-refractivity contribution in [3.63, 3.8) is 0 Å². The number of rotatable bonds is 6. The van der Waals surface area contributed by atoms with Crippen molar-refractivity contribution in [3.8, 4) is 11.5 Å². The summed E-state index contributed by atoms with van der Waals surface area (Å²) in [5, 5.41) is 5.57. The average Bonchev–Trinajstić information content (AvgIpc) is 2.73. The second kappa shape index (κ2) is 13.9. The van der Waals surface area contributed by atoms with Crippen LogP contribution in [0.5, 0.6) is 11.5 Å². The van der Waals surface area contributed by atoms with E-state index in [1.54, 1.807) is 19.2 Å². The number of nitrogens with one attached hydrogen (secondary N) is 2. The van der Waals surface area contributed by atoms with Crippen LogP contribution in [-0.4, -0.2) is 38.1 Å². The molecule has 6 heteroatoms. The first-order chi connectivity index (χ1) is 14.2. The van der Waals surface area contributed by atoms with Crippen LogP contribution in [0.4, 0.5) is 0 Å². The van der Waals surface area contributed by atoms with E-state index in [1.165, 1.54) is 44.9 Å². The quantitative estimate of drug-likeness (QED) is 0.555. The van der Waals surface area contributed by atoms with Crippen molar-refractivity contribution < 1.29 is 19.1 Å². The van der Waals surface area contributed by atoms with Gasteiger partial charge in [0.15, 0.2) is 0 Å². The van der Waals surface area contributed by atoms with Crippen LogP contribution in [0.3, 0.4) is 0 Å². The number of methoxy groups -OCH3 is 1. The summed E-state index contributed by atoms with van der Waals surface area (Å²) in [5.74, 6) is 0.327. The summed E-state index contributed by atoms with van der Waals surface area (Å²) in [4.78, 5) is 24.3. The lowest BCUT2D eigenvalue weighted by Crippen LogP contribution is -2.45. The lowest BCUT2D eigenvalue weighted by atomic mass is 9.98. The smallest absolute Gasteiger partial charge is 0.309 e. The van der Waals surface area contributed by atoms with Gasteiger partial charge in [0.1, 0.15) is 18.1 Å². The summed E-state index contributed by atoms with van der Waals surface area (Å²) in [5.41, 5.74) is 0. The number of benzene rings is 1. The van der Waals surface area contributed by atoms with Crippen molar-refractivity contribution in [1.29, 1.82) is 0 Å². The Labute approximate surface area is 174 Å². The van der Waals surface area contributed by atoms with E-state index in [1.807, 2.05) is 12.1 Å². The molecule has 1 aromatic rings. The molecule has 2 amide bonds. The number of ether oxygens (including phenoxy) is 2. The fourth-order valence-corrected chi connectivity index (χ4v) is 3.64. The van der Waals surface area contributed by atoms with Crippen LogP contribution in [0.1, 0.15) is 70.6 Å². The van der Waals surface area contributed by atoms with E-state index in [9.17, 15) is 9.59 Å². The normalized spacial score (nSPS) is 16.7. The van der Waals surface area contributed by atoms with Crippen molar-refractivity contribution in [2.24, 2.45) is 0 Å². The highest BCUT2D eigenvalue weighted by atomic mass is 16.5. The molecule has 0 heterocycles. The van der Waals surface area contributed by atoms with Gasteiger partial charge in [-0.1, -0.05) is 57.8 Å². The average molecular weight is 405 g/mol. The summed E-state index contributed by atoms with van der Waals surface area (Å²) in [6.45, 7) is 0.581. The van der Waals surface area contributed by atoms with Gasteiger partial charge in [-0.15, -0.1) is 0 Å². The van der Waals surface area contributed by atoms with E-state index >= 15 is 0 Å². The molecule has 1 aliphatic carbocycles. The van der Waals surface area contributed by atoms with Crippen LogP contribution in [-0.2, 0) is 9.59 Å². The number of hydrogen-bond acceptors (Lipinski definition) is 4. The minimum absolute atomic E-state index is 0.100. The summed E-state index contributed by atoms with van der Waals surface area (Å²) in [6, 6.07) is 7.32. The zero-order valence-corrected chi connectivity index (χ0v) is 17.7. The van der Waals surface area contributed by atoms with Gasteiger partial charge in [-0.2, -0.15) is 0 Å². The third-order valence-electron chi connectivity index (χ3n) is 5.36. The molecule has 0 bridgehead atoms. The minimum atomic E-state index is -0.588. The molecule has 29 heavy (non-hydrogen) atoms. The van der Waals surface area contributed by atoms with Crippen LogP contribution in [0, 0.1) is 0 Å². The van der Waals surface area contributed by atoms with Gasteiger partial charge in [0.25, 0.3) is 0 Å². The van der Waals surface area contributed by atoms with Crippen LogP contribution in [0.25, 0.3) is 0 Å². The van der Waals surface area contributed by atoms with Gasteiger partial charge < -0.3 is 20.1 Å². The molecule has 0 aliphatic heterocycles. The number of amides is 2. The fraction of sp³-hybridized carbons (Fsp3) is 0.652. The van der Waals surface area contributed by atoms with Crippen molar-refractivity contribution in [2.45, 2.75) is 76.7 Å². The molecule has 6 nitrogen and oxygen atoms in total. The molecule has 0 aromatic heterocycles. The zero-order valence-electron chi connectivity index (χ0n) is 17.7. The first-order valence-electron chi connectivity index (χ1n) is 11.0. The Kier molecular flexibility index (Phi) is 11.0. The molecular weight excluding hydrogens is 368 g/mol. The predicted molar refractivity (Wildman–Crippen MR) is 114 cm³/mol. The fourth-order valence-electron chi connectivity index (χ4n) is 3.64. The van der Waals surface area contributed by atoms with Gasteiger partial charge >= 0.3 is 11.8 Å². The SMILES string of the molecule is COc1ccc(OCCNC(=O)C(=O)NC2CCCCCCCCCCC2)cc1. The van der Waals surface area contributed by atoms with Crippen LogP contribution < -0.4 is 20.1 Å². The molecule has 1 saturated carbocycles. The van der Waals surface area contributed by atoms with E-state index in [2.05, 4.69) is 10.6 Å². The number of carbonyl (C=O) groups is 2. The number of carbonyl (C=O) groups excluding carboxylic acids is 2. The van der Waals surface area contributed by atoms with Gasteiger partial charge in [-0.05, 0) is 37.1 Å². The van der Waals surface area contributed by atoms with E-state index in [0.717, 1.165) is 31.4 Å². The van der Waals surface area contributed by atoms with E-state index in [4.69, 9.17) is 9.47 Å². The lowest BCUT2D eigenvalue weighted by Gasteiger charge is -2.19. The molecule has 2 N–H and O–H groups in total. The van der Waals surface area contributed by atoms with E-state index in [-0.39, 0.29) is 12.6 Å². The molecule has 0 spiro atoms. The predicted octanol–water partition coefficient (Wildman–Crippen LogP) is 3.98. The molecule has 1 aliphatic rings. The molecule has 0 unspecified atom stereocenters. The summed E-state index contributed by atoms with van der Waals surface area (Å²) in [6.07, 6.45) is 13.1. The second-order valence-corrected chi connectivity index (χ2v) is 7.71. The first kappa shape index (κ1) is 23.0. The molecule has 1 fully saturated rings. The highest BCUT2D eigenvalue weighted by Crippen LogP contribution is 2.17. The Morgan fingerprint density at radius 2 is 1.34 bits per heavy atom. The monoisotopic (exact) mass is 404 g/mol. The summed E-state index contributed by atoms with van der Waals surface area (Å²) in [7, 11) is 1.61. The minimum Gasteiger partial charge on any atom is -0.497 e. The Balaban J connectivity index is 1.66. The third kappa shape index (κ3) is 9.68. The van der Waals surface area contributed by atoms with Gasteiger partial charge in [0.2, 0.25) is 0 Å². The maximum atomic E-state index is 12.2. The van der Waals surface area contributed by atoms with Gasteiger partial charge in [0.05, 0.1) is 13.7 Å². The maximum Gasteiger partial charge on any atom is 0.309 e. The highest BCUT2D eigenvalue weighted by molar-refractivity contribution is 6.35. The Morgan fingerprint density at radius 1 is 0.828 bits per heavy atom. The summed E-state index contributed by atoms with van der Waals surface area (Å²) >= 11 is 0. The number of hydrogen-bond donors (Lipinski definition) is 2. The molecule has 0 saturated heterocycles. The van der Waals surface area contributed by atoms with Gasteiger partial charge in [-0.25, -0.2) is 0 Å². The van der Waals surface area contributed by atoms with E-state index < -0.39 is 11.8 Å². The van der Waals surface area contributed by atoms with Crippen molar-refractivity contribution >= 4 is 11.8 Å². The Hall–Kier alpha value is -2.24. The Bertz CT molecular complexity index is 591. The molecule has 162 valence electrons. The zero-order chi connectivity index (χ0) is 20.7.